The summed E-state index contributed by atoms with van der Waals surface area (Å²) in [4.78, 5) is 17.9. The number of hydrogen-bond donors (Lipinski definition) is 2. The van der Waals surface area contributed by atoms with Crippen molar-refractivity contribution in [3.8, 4) is 17.2 Å². The van der Waals surface area contributed by atoms with E-state index in [4.69, 9.17) is 14.2 Å². The van der Waals surface area contributed by atoms with Gasteiger partial charge in [0.15, 0.2) is 11.5 Å². The maximum atomic E-state index is 13.6. The molecular formula is C24H27N5O4. The van der Waals surface area contributed by atoms with Crippen LogP contribution in [0.2, 0.25) is 0 Å². The quantitative estimate of drug-likeness (QED) is 0.590. The molecule has 4 rings (SSSR count). The summed E-state index contributed by atoms with van der Waals surface area (Å²) in [5, 5.41) is 10.6. The molecule has 9 heteroatoms. The third-order valence-electron chi connectivity index (χ3n) is 5.70. The van der Waals surface area contributed by atoms with E-state index in [-0.39, 0.29) is 5.91 Å². The second-order valence-electron chi connectivity index (χ2n) is 7.82. The topological polar surface area (TPSA) is 99.5 Å². The number of rotatable bonds is 6. The molecule has 0 aliphatic carbocycles. The van der Waals surface area contributed by atoms with Crippen LogP contribution in [0.1, 0.15) is 29.7 Å². The van der Waals surface area contributed by atoms with Gasteiger partial charge in [-0.05, 0) is 38.5 Å². The Morgan fingerprint density at radius 1 is 1.00 bits per heavy atom. The van der Waals surface area contributed by atoms with Crippen LogP contribution in [0, 0.1) is 13.8 Å². The number of nitrogens with one attached hydrogen (secondary N) is 2. The Labute approximate surface area is 192 Å². The van der Waals surface area contributed by atoms with E-state index in [0.717, 1.165) is 16.8 Å². The number of hydrogen-bond acceptors (Lipinski definition) is 7. The van der Waals surface area contributed by atoms with Crippen LogP contribution in [0.5, 0.6) is 17.2 Å². The highest BCUT2D eigenvalue weighted by molar-refractivity contribution is 6.06. The van der Waals surface area contributed by atoms with Gasteiger partial charge in [-0.1, -0.05) is 17.7 Å². The zero-order valence-corrected chi connectivity index (χ0v) is 19.5. The lowest BCUT2D eigenvalue weighted by Gasteiger charge is -2.30. The van der Waals surface area contributed by atoms with Gasteiger partial charge < -0.3 is 24.8 Å². The molecule has 1 amide bonds. The smallest absolute Gasteiger partial charge is 0.255 e. The van der Waals surface area contributed by atoms with Crippen molar-refractivity contribution in [3.63, 3.8) is 0 Å². The number of amides is 1. The van der Waals surface area contributed by atoms with Gasteiger partial charge in [0.05, 0.1) is 26.9 Å². The highest BCUT2D eigenvalue weighted by Gasteiger charge is 2.36. The minimum absolute atomic E-state index is 0.255. The molecule has 0 unspecified atom stereocenters. The Morgan fingerprint density at radius 2 is 1.70 bits per heavy atom. The van der Waals surface area contributed by atoms with Crippen molar-refractivity contribution in [2.75, 3.05) is 32.0 Å². The van der Waals surface area contributed by atoms with Gasteiger partial charge in [0, 0.05) is 23.0 Å². The molecule has 2 aromatic carbocycles. The van der Waals surface area contributed by atoms with Crippen molar-refractivity contribution in [2.24, 2.45) is 0 Å². The number of aromatic nitrogens is 3. The van der Waals surface area contributed by atoms with Crippen LogP contribution in [0.3, 0.4) is 0 Å². The maximum Gasteiger partial charge on any atom is 0.255 e. The SMILES string of the molecule is COc1cc(OC)c([C@H]2C(C(=O)Nc3ccc(C)cc3C)=C(C)Nc3ncnn32)cc1OC. The number of benzene rings is 2. The molecule has 9 nitrogen and oxygen atoms in total. The predicted molar refractivity (Wildman–Crippen MR) is 125 cm³/mol. The lowest BCUT2D eigenvalue weighted by molar-refractivity contribution is -0.113. The van der Waals surface area contributed by atoms with Crippen LogP contribution < -0.4 is 24.8 Å². The van der Waals surface area contributed by atoms with Crippen LogP contribution in [0.15, 0.2) is 47.9 Å². The first-order chi connectivity index (χ1) is 15.9. The Morgan fingerprint density at radius 3 is 2.36 bits per heavy atom. The van der Waals surface area contributed by atoms with E-state index >= 15 is 0 Å². The summed E-state index contributed by atoms with van der Waals surface area (Å²) in [6, 6.07) is 8.83. The first kappa shape index (κ1) is 22.2. The van der Waals surface area contributed by atoms with Gasteiger partial charge in [-0.15, -0.1) is 0 Å². The fourth-order valence-electron chi connectivity index (χ4n) is 4.08. The first-order valence-electron chi connectivity index (χ1n) is 10.4. The number of allylic oxidation sites excluding steroid dienone is 1. The van der Waals surface area contributed by atoms with Crippen molar-refractivity contribution in [1.29, 1.82) is 0 Å². The number of nitrogens with zero attached hydrogens (tertiary/aromatic N) is 3. The van der Waals surface area contributed by atoms with Gasteiger partial charge in [-0.2, -0.15) is 10.1 Å². The normalized spacial score (nSPS) is 14.9. The minimum atomic E-state index is -0.607. The predicted octanol–water partition coefficient (Wildman–Crippen LogP) is 3.85. The average Bonchev–Trinajstić information content (AvgIpc) is 3.27. The third-order valence-corrected chi connectivity index (χ3v) is 5.70. The van der Waals surface area contributed by atoms with Gasteiger partial charge in [-0.3, -0.25) is 4.79 Å². The fraction of sp³-hybridized carbons (Fsp3) is 0.292. The zero-order chi connectivity index (χ0) is 23.7. The molecule has 0 bridgehead atoms. The van der Waals surface area contributed by atoms with E-state index in [1.54, 1.807) is 38.1 Å². The second kappa shape index (κ2) is 8.85. The van der Waals surface area contributed by atoms with E-state index in [9.17, 15) is 4.79 Å². The van der Waals surface area contributed by atoms with Gasteiger partial charge >= 0.3 is 0 Å². The van der Waals surface area contributed by atoms with Gasteiger partial charge in [0.1, 0.15) is 18.1 Å². The van der Waals surface area contributed by atoms with Crippen LogP contribution >= 0.6 is 0 Å². The average molecular weight is 450 g/mol. The molecule has 0 radical (unpaired) electrons. The molecule has 0 saturated heterocycles. The number of carbonyl (C=O) groups excluding carboxylic acids is 1. The molecular weight excluding hydrogens is 422 g/mol. The number of methoxy groups -OCH3 is 3. The molecule has 172 valence electrons. The number of aryl methyl sites for hydroxylation is 2. The standard InChI is InChI=1S/C24H27N5O4/c1-13-7-8-17(14(2)9-13)28-23(30)21-15(3)27-24-25-12-26-29(24)22(21)16-10-19(32-5)20(33-6)11-18(16)31-4/h7-12,22H,1-6H3,(H,28,30)(H,25,26,27)/t22-/m0/s1. The van der Waals surface area contributed by atoms with Gasteiger partial charge in [0.25, 0.3) is 5.91 Å². The summed E-state index contributed by atoms with van der Waals surface area (Å²) in [5.41, 5.74) is 4.69. The molecule has 0 fully saturated rings. The maximum absolute atomic E-state index is 13.6. The summed E-state index contributed by atoms with van der Waals surface area (Å²) in [6.07, 6.45) is 1.45. The minimum Gasteiger partial charge on any atom is -0.496 e. The van der Waals surface area contributed by atoms with Crippen molar-refractivity contribution in [3.05, 3.63) is 64.6 Å². The van der Waals surface area contributed by atoms with E-state index in [0.29, 0.717) is 40.0 Å². The Hall–Kier alpha value is -4.01. The fourth-order valence-corrected chi connectivity index (χ4v) is 4.08. The van der Waals surface area contributed by atoms with Crippen molar-refractivity contribution in [1.82, 2.24) is 14.8 Å². The monoisotopic (exact) mass is 449 g/mol. The van der Waals surface area contributed by atoms with Gasteiger partial charge in [0.2, 0.25) is 5.95 Å². The van der Waals surface area contributed by atoms with E-state index in [1.165, 1.54) is 6.33 Å². The van der Waals surface area contributed by atoms with Gasteiger partial charge in [-0.25, -0.2) is 4.68 Å². The lowest BCUT2D eigenvalue weighted by Crippen LogP contribution is -2.32. The molecule has 33 heavy (non-hydrogen) atoms. The van der Waals surface area contributed by atoms with E-state index < -0.39 is 6.04 Å². The largest absolute Gasteiger partial charge is 0.496 e. The third kappa shape index (κ3) is 3.97. The number of carbonyl (C=O) groups is 1. The molecule has 2 N–H and O–H groups in total. The Kier molecular flexibility index (Phi) is 5.95. The van der Waals surface area contributed by atoms with E-state index in [2.05, 4.69) is 20.7 Å². The van der Waals surface area contributed by atoms with Crippen molar-refractivity contribution in [2.45, 2.75) is 26.8 Å². The zero-order valence-electron chi connectivity index (χ0n) is 19.5. The first-order valence-corrected chi connectivity index (χ1v) is 10.4. The summed E-state index contributed by atoms with van der Waals surface area (Å²) in [7, 11) is 4.69. The molecule has 1 aromatic heterocycles. The van der Waals surface area contributed by atoms with Crippen LogP contribution in [-0.2, 0) is 4.79 Å². The van der Waals surface area contributed by atoms with Crippen molar-refractivity contribution >= 4 is 17.5 Å². The highest BCUT2D eigenvalue weighted by atomic mass is 16.5. The molecule has 2 heterocycles. The van der Waals surface area contributed by atoms with E-state index in [1.807, 2.05) is 39.0 Å². The summed E-state index contributed by atoms with van der Waals surface area (Å²) < 4.78 is 18.3. The van der Waals surface area contributed by atoms with Crippen LogP contribution in [0.25, 0.3) is 0 Å². The Balaban J connectivity index is 1.85. The lowest BCUT2D eigenvalue weighted by atomic mass is 9.93. The summed E-state index contributed by atoms with van der Waals surface area (Å²) >= 11 is 0. The summed E-state index contributed by atoms with van der Waals surface area (Å²) in [5.74, 6) is 1.84. The molecule has 0 spiro atoms. The number of ether oxygens (including phenoxy) is 3. The molecule has 1 atom stereocenters. The summed E-state index contributed by atoms with van der Waals surface area (Å²) in [6.45, 7) is 5.82. The number of anilines is 2. The van der Waals surface area contributed by atoms with Crippen molar-refractivity contribution < 1.29 is 19.0 Å². The second-order valence-corrected chi connectivity index (χ2v) is 7.82. The van der Waals surface area contributed by atoms with Crippen LogP contribution in [0.4, 0.5) is 11.6 Å². The number of fused-ring (bicyclic) bond motifs is 1. The Bertz CT molecular complexity index is 1250. The molecule has 1 aliphatic rings. The van der Waals surface area contributed by atoms with Crippen LogP contribution in [-0.4, -0.2) is 42.0 Å². The molecule has 1 aliphatic heterocycles. The molecule has 3 aromatic rings. The highest BCUT2D eigenvalue weighted by Crippen LogP contribution is 2.43. The molecule has 0 saturated carbocycles.